The van der Waals surface area contributed by atoms with Crippen LogP contribution in [0, 0.1) is 18.8 Å². The van der Waals surface area contributed by atoms with Gasteiger partial charge in [-0.15, -0.1) is 10.2 Å². The molecule has 1 saturated heterocycles. The second-order valence-corrected chi connectivity index (χ2v) is 26.3. The van der Waals surface area contributed by atoms with Crippen LogP contribution in [-0.2, 0) is 20.0 Å². The number of rotatable bonds is 12. The van der Waals surface area contributed by atoms with Gasteiger partial charge in [0, 0.05) is 24.7 Å². The van der Waals surface area contributed by atoms with E-state index in [1.807, 2.05) is 6.08 Å². The number of allylic oxidation sites excluding steroid dienone is 2. The number of aromatic amines is 1. The molecule has 7 nitrogen and oxygen atoms in total. The number of ether oxygens (including phenoxy) is 1. The quantitative estimate of drug-likeness (QED) is 0.136. The summed E-state index contributed by atoms with van der Waals surface area (Å²) in [6, 6.07) is 8.50. The molecule has 262 valence electrons. The summed E-state index contributed by atoms with van der Waals surface area (Å²) in [6.45, 7) is 26.4. The molecular weight excluding hydrogens is 631 g/mol. The summed E-state index contributed by atoms with van der Waals surface area (Å²) in [6.07, 6.45) is 6.44. The third-order valence-corrected chi connectivity index (χ3v) is 20.1. The lowest BCUT2D eigenvalue weighted by Gasteiger charge is -2.41. The molecule has 2 fully saturated rings. The molecular formula is C36H58F2N4O3Si2. The Balaban J connectivity index is 1.67. The Bertz CT molecular complexity index is 1400. The maximum atomic E-state index is 16.4. The predicted octanol–water partition coefficient (Wildman–Crippen LogP) is 9.53. The van der Waals surface area contributed by atoms with Crippen LogP contribution in [0.3, 0.4) is 0 Å². The first-order valence-electron chi connectivity index (χ1n) is 17.2. The number of hydrogen-bond acceptors (Lipinski definition) is 6. The van der Waals surface area contributed by atoms with Crippen LogP contribution in [0.4, 0.5) is 8.78 Å². The van der Waals surface area contributed by atoms with E-state index in [2.05, 4.69) is 133 Å². The molecule has 1 aromatic carbocycles. The van der Waals surface area contributed by atoms with Crippen LogP contribution >= 0.6 is 0 Å². The molecule has 2 aromatic rings. The van der Waals surface area contributed by atoms with E-state index in [0.717, 1.165) is 0 Å². The Morgan fingerprint density at radius 3 is 2.36 bits per heavy atom. The third kappa shape index (κ3) is 8.51. The fraction of sp³-hybridized carbons (Fsp3) is 0.694. The molecule has 0 amide bonds. The van der Waals surface area contributed by atoms with Crippen molar-refractivity contribution in [3.63, 3.8) is 0 Å². The van der Waals surface area contributed by atoms with Crippen LogP contribution in [0.15, 0.2) is 48.3 Å². The van der Waals surface area contributed by atoms with Crippen molar-refractivity contribution < 1.29 is 22.4 Å². The summed E-state index contributed by atoms with van der Waals surface area (Å²) in [5.41, 5.74) is 2.36. The minimum absolute atomic E-state index is 0.00634. The third-order valence-electron chi connectivity index (χ3n) is 11.1. The highest BCUT2D eigenvalue weighted by Gasteiger charge is 2.64. The van der Waals surface area contributed by atoms with Crippen LogP contribution in [0.5, 0.6) is 0 Å². The van der Waals surface area contributed by atoms with Crippen molar-refractivity contribution in [1.29, 1.82) is 0 Å². The Labute approximate surface area is 283 Å². The molecule has 1 aliphatic carbocycles. The van der Waals surface area contributed by atoms with Crippen molar-refractivity contribution in [1.82, 2.24) is 20.6 Å². The van der Waals surface area contributed by atoms with Crippen molar-refractivity contribution in [3.05, 3.63) is 65.2 Å². The van der Waals surface area contributed by atoms with Gasteiger partial charge in [0.15, 0.2) is 28.2 Å². The molecule has 0 radical (unpaired) electrons. The number of unbranched alkanes of at least 4 members (excludes halogenated alkanes) is 1. The lowest BCUT2D eigenvalue weighted by molar-refractivity contribution is -0.0259. The minimum Gasteiger partial charge on any atom is -0.488 e. The van der Waals surface area contributed by atoms with Gasteiger partial charge in [0.1, 0.15) is 6.10 Å². The first-order valence-corrected chi connectivity index (χ1v) is 23.0. The number of halogens is 2. The molecule has 2 heterocycles. The maximum absolute atomic E-state index is 16.4. The van der Waals surface area contributed by atoms with E-state index in [4.69, 9.17) is 13.6 Å². The van der Waals surface area contributed by atoms with Gasteiger partial charge in [-0.3, -0.25) is 0 Å². The number of H-pyrrole nitrogens is 1. The zero-order chi connectivity index (χ0) is 35.0. The largest absolute Gasteiger partial charge is 0.488 e. The average molecular weight is 689 g/mol. The van der Waals surface area contributed by atoms with Gasteiger partial charge in [0.05, 0.1) is 18.1 Å². The number of alkyl halides is 2. The molecule has 11 heteroatoms. The lowest BCUT2D eigenvalue weighted by Crippen LogP contribution is -2.46. The van der Waals surface area contributed by atoms with Gasteiger partial charge in [-0.05, 0) is 67.7 Å². The Morgan fingerprint density at radius 2 is 1.77 bits per heavy atom. The number of hydrogen-bond donors (Lipinski definition) is 1. The van der Waals surface area contributed by atoms with E-state index >= 15 is 8.78 Å². The molecule has 1 aliphatic heterocycles. The van der Waals surface area contributed by atoms with E-state index in [1.165, 1.54) is 11.1 Å². The van der Waals surface area contributed by atoms with Crippen LogP contribution in [0.2, 0.25) is 36.3 Å². The molecule has 1 N–H and O–H groups in total. The number of aromatic nitrogens is 4. The fourth-order valence-corrected chi connectivity index (χ4v) is 8.79. The number of tetrazole rings is 1. The summed E-state index contributed by atoms with van der Waals surface area (Å²) >= 11 is 0. The first-order chi connectivity index (χ1) is 21.6. The minimum atomic E-state index is -3.12. The SMILES string of the molecule is Cc1cccc([C@@H](C)[C@@H](C=C[C@@H]2[C@@H]3[C@H](C[C@H]2O[Si](C)(C)C(C)(C)C)OC(=CCCCc2nn[nH]n2)C3(F)F)O[Si](C)(C)C(C)(C)C)c1. The monoisotopic (exact) mass is 688 g/mol. The second kappa shape index (κ2) is 14.0. The van der Waals surface area contributed by atoms with Crippen molar-refractivity contribution in [2.45, 2.75) is 147 Å². The highest BCUT2D eigenvalue weighted by molar-refractivity contribution is 6.74. The van der Waals surface area contributed by atoms with Gasteiger partial charge in [-0.1, -0.05) is 95.7 Å². The molecule has 6 atom stereocenters. The Hall–Kier alpha value is -2.22. The summed E-state index contributed by atoms with van der Waals surface area (Å²) in [7, 11) is -4.48. The molecule has 2 aliphatic rings. The highest BCUT2D eigenvalue weighted by atomic mass is 28.4. The van der Waals surface area contributed by atoms with Crippen molar-refractivity contribution >= 4 is 16.6 Å². The van der Waals surface area contributed by atoms with E-state index in [0.29, 0.717) is 31.5 Å². The van der Waals surface area contributed by atoms with Gasteiger partial charge >= 0.3 is 5.92 Å². The molecule has 1 saturated carbocycles. The van der Waals surface area contributed by atoms with Crippen molar-refractivity contribution in [3.8, 4) is 0 Å². The topological polar surface area (TPSA) is 82.2 Å². The van der Waals surface area contributed by atoms with Crippen molar-refractivity contribution in [2.24, 2.45) is 11.8 Å². The molecule has 4 rings (SSSR count). The Kier molecular flexibility index (Phi) is 11.2. The van der Waals surface area contributed by atoms with Gasteiger partial charge in [-0.2, -0.15) is 14.0 Å². The maximum Gasteiger partial charge on any atom is 0.310 e. The van der Waals surface area contributed by atoms with Gasteiger partial charge in [0.25, 0.3) is 0 Å². The van der Waals surface area contributed by atoms with Crippen LogP contribution in [-0.4, -0.2) is 61.5 Å². The summed E-state index contributed by atoms with van der Waals surface area (Å²) in [4.78, 5) is 0. The number of nitrogens with one attached hydrogen (secondary N) is 1. The van der Waals surface area contributed by atoms with Gasteiger partial charge < -0.3 is 13.6 Å². The molecule has 0 spiro atoms. The fourth-order valence-electron chi connectivity index (χ4n) is 6.11. The summed E-state index contributed by atoms with van der Waals surface area (Å²) in [5.74, 6) is -4.26. The average Bonchev–Trinajstić information content (AvgIpc) is 3.64. The van der Waals surface area contributed by atoms with Gasteiger partial charge in [-0.25, -0.2) is 0 Å². The number of benzene rings is 1. The molecule has 1 aromatic heterocycles. The lowest BCUT2D eigenvalue weighted by atomic mass is 9.86. The predicted molar refractivity (Wildman–Crippen MR) is 189 cm³/mol. The van der Waals surface area contributed by atoms with E-state index < -0.39 is 40.5 Å². The Morgan fingerprint density at radius 1 is 1.09 bits per heavy atom. The standard InChI is InChI=1S/C36H58F2N4O3Si2/c1-24-16-15-17-26(22-24)25(2)28(44-46(9,10)34(3,4)5)21-20-27-29(45-47(11,12)35(6,7)8)23-30-33(27)36(37,38)31(43-30)18-13-14-19-32-39-41-42-40-32/h15-18,20-22,25,27-30,33H,13-14,19,23H2,1-12H3,(H,39,40,41,42)/t25-,27+,28-,29-,30+,33-/m1/s1. The number of fused-ring (bicyclic) bond motifs is 1. The van der Waals surface area contributed by atoms with Crippen molar-refractivity contribution in [2.75, 3.05) is 0 Å². The zero-order valence-corrected chi connectivity index (χ0v) is 32.7. The second-order valence-electron chi connectivity index (χ2n) is 16.8. The van der Waals surface area contributed by atoms with Crippen LogP contribution in [0.25, 0.3) is 0 Å². The zero-order valence-electron chi connectivity index (χ0n) is 30.7. The van der Waals surface area contributed by atoms with E-state index in [1.54, 1.807) is 6.08 Å². The highest BCUT2D eigenvalue weighted by Crippen LogP contribution is 2.56. The summed E-state index contributed by atoms with van der Waals surface area (Å²) in [5, 5.41) is 13.9. The summed E-state index contributed by atoms with van der Waals surface area (Å²) < 4.78 is 53.0. The van der Waals surface area contributed by atoms with E-state index in [9.17, 15) is 0 Å². The molecule has 47 heavy (non-hydrogen) atoms. The number of nitrogens with zero attached hydrogens (tertiary/aromatic N) is 3. The molecule has 0 unspecified atom stereocenters. The number of aryl methyl sites for hydroxylation is 2. The molecule has 0 bridgehead atoms. The van der Waals surface area contributed by atoms with Crippen LogP contribution < -0.4 is 0 Å². The van der Waals surface area contributed by atoms with E-state index in [-0.39, 0.29) is 34.0 Å². The van der Waals surface area contributed by atoms with Crippen LogP contribution in [0.1, 0.15) is 90.6 Å². The van der Waals surface area contributed by atoms with Gasteiger partial charge in [0.2, 0.25) is 0 Å². The normalized spacial score (nSPS) is 25.7. The first kappa shape index (κ1) is 37.6. The smallest absolute Gasteiger partial charge is 0.310 e.